The number of pyridine rings is 2. The summed E-state index contributed by atoms with van der Waals surface area (Å²) in [6, 6.07) is 13.2. The van der Waals surface area contributed by atoms with E-state index in [1.165, 1.54) is 6.07 Å². The third kappa shape index (κ3) is 4.13. The molecule has 0 saturated heterocycles. The molecule has 0 N–H and O–H groups in total. The number of hydrogen-bond donors (Lipinski definition) is 0. The summed E-state index contributed by atoms with van der Waals surface area (Å²) in [5.74, 6) is 0.364. The van der Waals surface area contributed by atoms with Crippen LogP contribution in [0.15, 0.2) is 61.1 Å². The molecule has 0 amide bonds. The number of ether oxygens (including phenoxy) is 2. The number of imidazole rings is 1. The predicted molar refractivity (Wildman–Crippen MR) is 115 cm³/mol. The first-order valence-electron chi connectivity index (χ1n) is 9.97. The fourth-order valence-corrected chi connectivity index (χ4v) is 3.23. The Morgan fingerprint density at radius 3 is 2.17 bits per heavy atom. The van der Waals surface area contributed by atoms with Gasteiger partial charge in [-0.2, -0.15) is 0 Å². The van der Waals surface area contributed by atoms with Gasteiger partial charge in [0.05, 0.1) is 24.1 Å². The number of benzene rings is 1. The highest BCUT2D eigenvalue weighted by Crippen LogP contribution is 2.28. The number of nitrogens with zero attached hydrogens (tertiary/aromatic N) is 3. The zero-order valence-corrected chi connectivity index (χ0v) is 17.5. The Kier molecular flexibility index (Phi) is 5.40. The van der Waals surface area contributed by atoms with Crippen LogP contribution in [-0.4, -0.2) is 26.6 Å². The Hall–Kier alpha value is -3.41. The lowest BCUT2D eigenvalue weighted by Crippen LogP contribution is -2.08. The van der Waals surface area contributed by atoms with Crippen molar-refractivity contribution in [3.8, 4) is 34.0 Å². The summed E-state index contributed by atoms with van der Waals surface area (Å²) in [6.45, 7) is 7.67. The van der Waals surface area contributed by atoms with Crippen LogP contribution in [0.2, 0.25) is 0 Å². The lowest BCUT2D eigenvalue weighted by molar-refractivity contribution is 0.221. The molecule has 5 nitrogen and oxygen atoms in total. The van der Waals surface area contributed by atoms with E-state index < -0.39 is 5.82 Å². The van der Waals surface area contributed by atoms with Crippen LogP contribution in [0.4, 0.5) is 4.39 Å². The van der Waals surface area contributed by atoms with Crippen molar-refractivity contribution in [3.63, 3.8) is 0 Å². The molecule has 0 saturated carbocycles. The number of aromatic nitrogens is 3. The molecule has 0 spiro atoms. The number of hydrogen-bond acceptors (Lipinski definition) is 4. The molecular weight excluding hydrogens is 381 g/mol. The van der Waals surface area contributed by atoms with E-state index in [0.29, 0.717) is 5.56 Å². The van der Waals surface area contributed by atoms with Gasteiger partial charge in [0.1, 0.15) is 11.4 Å². The first-order chi connectivity index (χ1) is 14.4. The van der Waals surface area contributed by atoms with E-state index in [4.69, 9.17) is 9.47 Å². The topological polar surface area (TPSA) is 48.7 Å². The van der Waals surface area contributed by atoms with Gasteiger partial charge >= 0.3 is 0 Å². The smallest absolute Gasteiger partial charge is 0.250 e. The van der Waals surface area contributed by atoms with E-state index in [9.17, 15) is 4.39 Å². The molecule has 1 aromatic carbocycles. The summed E-state index contributed by atoms with van der Waals surface area (Å²) in [5, 5.41) is 0. The van der Waals surface area contributed by atoms with Crippen LogP contribution in [0.3, 0.4) is 0 Å². The van der Waals surface area contributed by atoms with Gasteiger partial charge in [-0.1, -0.05) is 0 Å². The van der Waals surface area contributed by atoms with E-state index in [2.05, 4.69) is 9.97 Å². The van der Waals surface area contributed by atoms with E-state index in [0.717, 1.165) is 28.2 Å². The second-order valence-corrected chi connectivity index (χ2v) is 7.66. The second kappa shape index (κ2) is 8.14. The van der Waals surface area contributed by atoms with Crippen molar-refractivity contribution in [1.82, 2.24) is 14.4 Å². The van der Waals surface area contributed by atoms with Crippen LogP contribution in [0.1, 0.15) is 27.7 Å². The van der Waals surface area contributed by atoms with Gasteiger partial charge in [-0.05, 0) is 70.2 Å². The average molecular weight is 405 g/mol. The third-order valence-electron chi connectivity index (χ3n) is 4.52. The fourth-order valence-electron chi connectivity index (χ4n) is 3.23. The molecular formula is C24H24FN3O2. The van der Waals surface area contributed by atoms with Crippen LogP contribution < -0.4 is 9.47 Å². The van der Waals surface area contributed by atoms with Crippen molar-refractivity contribution >= 4 is 5.65 Å². The molecule has 0 aliphatic heterocycles. The minimum Gasteiger partial charge on any atom is -0.491 e. The normalized spacial score (nSPS) is 11.4. The molecule has 0 atom stereocenters. The van der Waals surface area contributed by atoms with Crippen molar-refractivity contribution in [3.05, 3.63) is 66.9 Å². The van der Waals surface area contributed by atoms with Gasteiger partial charge in [-0.3, -0.25) is 4.40 Å². The van der Waals surface area contributed by atoms with Crippen LogP contribution >= 0.6 is 0 Å². The van der Waals surface area contributed by atoms with Crippen LogP contribution in [0.25, 0.3) is 28.0 Å². The van der Waals surface area contributed by atoms with Gasteiger partial charge in [-0.25, -0.2) is 14.4 Å². The first kappa shape index (κ1) is 19.9. The number of fused-ring (bicyclic) bond motifs is 1. The predicted octanol–water partition coefficient (Wildman–Crippen LogP) is 5.78. The molecule has 6 heteroatoms. The molecule has 0 aliphatic carbocycles. The Bertz CT molecular complexity index is 1170. The summed E-state index contributed by atoms with van der Waals surface area (Å²) in [7, 11) is 0. The second-order valence-electron chi connectivity index (χ2n) is 7.66. The Balaban J connectivity index is 1.69. The van der Waals surface area contributed by atoms with Crippen LogP contribution in [0, 0.1) is 5.82 Å². The average Bonchev–Trinajstić information content (AvgIpc) is 3.12. The zero-order valence-electron chi connectivity index (χ0n) is 17.5. The maximum Gasteiger partial charge on any atom is 0.250 e. The van der Waals surface area contributed by atoms with Gasteiger partial charge < -0.3 is 9.47 Å². The molecule has 3 aromatic heterocycles. The quantitative estimate of drug-likeness (QED) is 0.408. The van der Waals surface area contributed by atoms with E-state index in [1.807, 2.05) is 80.9 Å². The Morgan fingerprint density at radius 1 is 0.800 bits per heavy atom. The summed E-state index contributed by atoms with van der Waals surface area (Å²) >= 11 is 0. The molecule has 0 unspecified atom stereocenters. The van der Waals surface area contributed by atoms with Crippen LogP contribution in [0.5, 0.6) is 11.6 Å². The zero-order chi connectivity index (χ0) is 21.3. The number of halogens is 1. The maximum absolute atomic E-state index is 14.4. The van der Waals surface area contributed by atoms with Crippen molar-refractivity contribution in [2.75, 3.05) is 0 Å². The Morgan fingerprint density at radius 2 is 1.50 bits per heavy atom. The highest BCUT2D eigenvalue weighted by molar-refractivity contribution is 5.69. The van der Waals surface area contributed by atoms with E-state index in [1.54, 1.807) is 6.20 Å². The van der Waals surface area contributed by atoms with Gasteiger partial charge in [0.2, 0.25) is 0 Å². The molecule has 4 aromatic rings. The van der Waals surface area contributed by atoms with Gasteiger partial charge in [-0.15, -0.1) is 0 Å². The summed E-state index contributed by atoms with van der Waals surface area (Å²) in [4.78, 5) is 8.63. The van der Waals surface area contributed by atoms with Crippen molar-refractivity contribution in [2.45, 2.75) is 39.9 Å². The summed E-state index contributed by atoms with van der Waals surface area (Å²) in [5.41, 5.74) is 4.27. The molecule has 154 valence electrons. The van der Waals surface area contributed by atoms with Crippen molar-refractivity contribution in [2.24, 2.45) is 0 Å². The highest BCUT2D eigenvalue weighted by atomic mass is 19.1. The highest BCUT2D eigenvalue weighted by Gasteiger charge is 2.12. The third-order valence-corrected chi connectivity index (χ3v) is 4.52. The number of rotatable bonds is 6. The summed E-state index contributed by atoms with van der Waals surface area (Å²) < 4.78 is 27.5. The largest absolute Gasteiger partial charge is 0.491 e. The van der Waals surface area contributed by atoms with Crippen molar-refractivity contribution in [1.29, 1.82) is 0 Å². The molecule has 30 heavy (non-hydrogen) atoms. The maximum atomic E-state index is 14.4. The van der Waals surface area contributed by atoms with Gasteiger partial charge in [0, 0.05) is 29.1 Å². The lowest BCUT2D eigenvalue weighted by atomic mass is 10.1. The van der Waals surface area contributed by atoms with Crippen LogP contribution in [-0.2, 0) is 0 Å². The standard InChI is InChI=1S/C24H24FN3O2/c1-15(2)29-20-8-5-17(6-9-20)22-13-26-23-10-7-18(14-28(22)23)19-11-21(25)24(27-12-19)30-16(3)4/h5-16H,1-4H3. The fraction of sp³-hybridized carbons (Fsp3) is 0.250. The summed E-state index contributed by atoms with van der Waals surface area (Å²) in [6.07, 6.45) is 5.38. The van der Waals surface area contributed by atoms with E-state index in [-0.39, 0.29) is 18.1 Å². The monoisotopic (exact) mass is 405 g/mol. The minimum atomic E-state index is -0.479. The van der Waals surface area contributed by atoms with Crippen molar-refractivity contribution < 1.29 is 13.9 Å². The molecule has 0 aliphatic rings. The van der Waals surface area contributed by atoms with E-state index >= 15 is 0 Å². The lowest BCUT2D eigenvalue weighted by Gasteiger charge is -2.11. The molecule has 0 fully saturated rings. The van der Waals surface area contributed by atoms with Gasteiger partial charge in [0.15, 0.2) is 5.82 Å². The molecule has 0 bridgehead atoms. The molecule has 4 rings (SSSR count). The molecule has 0 radical (unpaired) electrons. The molecule has 3 heterocycles. The van der Waals surface area contributed by atoms with Gasteiger partial charge in [0.25, 0.3) is 5.88 Å². The minimum absolute atomic E-state index is 0.0156. The SMILES string of the molecule is CC(C)Oc1ccc(-c2cnc3ccc(-c4cnc(OC(C)C)c(F)c4)cn23)cc1. The Labute approximate surface area is 175 Å². The first-order valence-corrected chi connectivity index (χ1v) is 9.97.